The number of nitrogens with one attached hydrogen (secondary N) is 1. The first-order valence-electron chi connectivity index (χ1n) is 6.46. The maximum atomic E-state index is 10.8. The molecule has 2 heterocycles. The van der Waals surface area contributed by atoms with Gasteiger partial charge in [0.25, 0.3) is 0 Å². The van der Waals surface area contributed by atoms with E-state index in [-0.39, 0.29) is 0 Å². The van der Waals surface area contributed by atoms with Crippen molar-refractivity contribution in [2.45, 2.75) is 31.3 Å². The summed E-state index contributed by atoms with van der Waals surface area (Å²) in [6, 6.07) is -0.515. The summed E-state index contributed by atoms with van der Waals surface area (Å²) in [6.07, 6.45) is 3.72. The first kappa shape index (κ1) is 14.2. The van der Waals surface area contributed by atoms with Crippen LogP contribution in [0.15, 0.2) is 5.38 Å². The van der Waals surface area contributed by atoms with Gasteiger partial charge in [-0.3, -0.25) is 4.79 Å². The maximum absolute atomic E-state index is 10.8. The van der Waals surface area contributed by atoms with Gasteiger partial charge in [0.15, 0.2) is 5.13 Å². The molecular formula is C12H20N4O2S. The van der Waals surface area contributed by atoms with E-state index in [1.807, 2.05) is 0 Å². The van der Waals surface area contributed by atoms with Gasteiger partial charge < -0.3 is 21.1 Å². The molecule has 7 heteroatoms. The lowest BCUT2D eigenvalue weighted by Gasteiger charge is -2.32. The Labute approximate surface area is 116 Å². The Morgan fingerprint density at radius 1 is 1.74 bits per heavy atom. The molecule has 1 aliphatic rings. The number of hydrogen-bond donors (Lipinski definition) is 3. The third-order valence-electron chi connectivity index (χ3n) is 3.52. The molecule has 0 aromatic carbocycles. The second kappa shape index (κ2) is 6.31. The highest BCUT2D eigenvalue weighted by Gasteiger charge is 2.20. The summed E-state index contributed by atoms with van der Waals surface area (Å²) in [6.45, 7) is 1.98. The normalized spacial score (nSPS) is 22.1. The largest absolute Gasteiger partial charge is 0.480 e. The van der Waals surface area contributed by atoms with E-state index >= 15 is 0 Å². The van der Waals surface area contributed by atoms with Gasteiger partial charge in [-0.15, -0.1) is 11.3 Å². The van der Waals surface area contributed by atoms with Crippen LogP contribution < -0.4 is 11.1 Å². The van der Waals surface area contributed by atoms with E-state index in [4.69, 9.17) is 10.8 Å². The summed E-state index contributed by atoms with van der Waals surface area (Å²) in [5.74, 6) is -1.05. The molecular weight excluding hydrogens is 264 g/mol. The number of rotatable bonds is 5. The van der Waals surface area contributed by atoms with E-state index in [0.717, 1.165) is 18.2 Å². The van der Waals surface area contributed by atoms with Gasteiger partial charge in [-0.05, 0) is 26.4 Å². The molecule has 1 fully saturated rings. The number of likely N-dealkylation sites (N-methyl/N-ethyl adjacent to an activating group) is 1. The zero-order chi connectivity index (χ0) is 13.8. The second-order valence-corrected chi connectivity index (χ2v) is 5.76. The fourth-order valence-electron chi connectivity index (χ4n) is 2.24. The topological polar surface area (TPSA) is 91.5 Å². The second-order valence-electron chi connectivity index (χ2n) is 4.90. The molecule has 2 atom stereocenters. The minimum Gasteiger partial charge on any atom is -0.480 e. The molecule has 19 heavy (non-hydrogen) atoms. The van der Waals surface area contributed by atoms with Crippen LogP contribution in [0.3, 0.4) is 0 Å². The van der Waals surface area contributed by atoms with Crippen molar-refractivity contribution >= 4 is 22.4 Å². The number of carbonyl (C=O) groups is 1. The number of likely N-dealkylation sites (tertiary alicyclic amines) is 1. The third-order valence-corrected chi connectivity index (χ3v) is 4.34. The maximum Gasteiger partial charge on any atom is 0.326 e. The molecule has 0 bridgehead atoms. The molecule has 1 aromatic heterocycles. The molecule has 0 saturated carbocycles. The monoisotopic (exact) mass is 284 g/mol. The molecule has 4 N–H and O–H groups in total. The number of aliphatic carboxylic acids is 1. The standard InChI is InChI=1S/C12H20N4O2S/c1-16-5-3-2-4-8(16)6-14-12-15-9(7-19-12)10(13)11(17)18/h7-8,10H,2-6,13H2,1H3,(H,14,15)(H,17,18). The fourth-order valence-corrected chi connectivity index (χ4v) is 3.00. The van der Waals surface area contributed by atoms with Crippen LogP contribution in [0.4, 0.5) is 5.13 Å². The van der Waals surface area contributed by atoms with E-state index in [2.05, 4.69) is 22.2 Å². The highest BCUT2D eigenvalue weighted by atomic mass is 32.1. The number of aromatic nitrogens is 1. The van der Waals surface area contributed by atoms with Crippen molar-refractivity contribution in [1.29, 1.82) is 0 Å². The van der Waals surface area contributed by atoms with Crippen LogP contribution in [-0.4, -0.2) is 47.1 Å². The lowest BCUT2D eigenvalue weighted by Crippen LogP contribution is -2.40. The summed E-state index contributed by atoms with van der Waals surface area (Å²) in [7, 11) is 2.14. The van der Waals surface area contributed by atoms with Gasteiger partial charge in [-0.1, -0.05) is 6.42 Å². The number of anilines is 1. The highest BCUT2D eigenvalue weighted by molar-refractivity contribution is 7.13. The molecule has 0 aliphatic carbocycles. The molecule has 1 aromatic rings. The minimum absolute atomic E-state index is 0.414. The minimum atomic E-state index is -1.05. The molecule has 0 spiro atoms. The Morgan fingerprint density at radius 2 is 2.53 bits per heavy atom. The Hall–Kier alpha value is -1.18. The Kier molecular flexibility index (Phi) is 4.73. The summed E-state index contributed by atoms with van der Waals surface area (Å²) < 4.78 is 0. The van der Waals surface area contributed by atoms with Crippen molar-refractivity contribution in [2.75, 3.05) is 25.5 Å². The van der Waals surface area contributed by atoms with Crippen molar-refractivity contribution in [3.63, 3.8) is 0 Å². The fraction of sp³-hybridized carbons (Fsp3) is 0.667. The average Bonchev–Trinajstić information content (AvgIpc) is 2.85. The van der Waals surface area contributed by atoms with E-state index in [9.17, 15) is 4.79 Å². The quantitative estimate of drug-likeness (QED) is 0.750. The molecule has 1 aliphatic heterocycles. The van der Waals surface area contributed by atoms with E-state index in [0.29, 0.717) is 11.7 Å². The van der Waals surface area contributed by atoms with Gasteiger partial charge in [-0.25, -0.2) is 4.98 Å². The van der Waals surface area contributed by atoms with Crippen LogP contribution in [0.1, 0.15) is 31.0 Å². The molecule has 2 rings (SSSR count). The van der Waals surface area contributed by atoms with Gasteiger partial charge >= 0.3 is 5.97 Å². The van der Waals surface area contributed by atoms with Crippen molar-refractivity contribution in [1.82, 2.24) is 9.88 Å². The predicted molar refractivity (Wildman–Crippen MR) is 75.4 cm³/mol. The van der Waals surface area contributed by atoms with Gasteiger partial charge in [-0.2, -0.15) is 0 Å². The first-order chi connectivity index (χ1) is 9.08. The smallest absolute Gasteiger partial charge is 0.326 e. The van der Waals surface area contributed by atoms with Gasteiger partial charge in [0, 0.05) is 18.0 Å². The molecule has 0 amide bonds. The van der Waals surface area contributed by atoms with Crippen molar-refractivity contribution in [2.24, 2.45) is 5.73 Å². The number of carboxylic acids is 1. The number of nitrogens with zero attached hydrogens (tertiary/aromatic N) is 2. The summed E-state index contributed by atoms with van der Waals surface area (Å²) >= 11 is 1.40. The Morgan fingerprint density at radius 3 is 3.21 bits per heavy atom. The number of thiazole rings is 1. The van der Waals surface area contributed by atoms with Crippen molar-refractivity contribution < 1.29 is 9.90 Å². The zero-order valence-corrected chi connectivity index (χ0v) is 11.8. The van der Waals surface area contributed by atoms with Crippen molar-refractivity contribution in [3.05, 3.63) is 11.1 Å². The highest BCUT2D eigenvalue weighted by Crippen LogP contribution is 2.21. The summed E-state index contributed by atoms with van der Waals surface area (Å²) in [4.78, 5) is 17.3. The molecule has 106 valence electrons. The molecule has 2 unspecified atom stereocenters. The lowest BCUT2D eigenvalue weighted by atomic mass is 10.0. The number of piperidine rings is 1. The zero-order valence-electron chi connectivity index (χ0n) is 11.0. The van der Waals surface area contributed by atoms with Gasteiger partial charge in [0.05, 0.1) is 5.69 Å². The molecule has 6 nitrogen and oxygen atoms in total. The SMILES string of the molecule is CN1CCCCC1CNc1nc(C(N)C(=O)O)cs1. The lowest BCUT2D eigenvalue weighted by molar-refractivity contribution is -0.138. The average molecular weight is 284 g/mol. The number of carboxylic acid groups (broad SMARTS) is 1. The van der Waals surface area contributed by atoms with Gasteiger partial charge in [0.1, 0.15) is 6.04 Å². The molecule has 0 radical (unpaired) electrons. The van der Waals surface area contributed by atoms with Crippen LogP contribution in [0.2, 0.25) is 0 Å². The van der Waals surface area contributed by atoms with E-state index in [1.165, 1.54) is 30.6 Å². The third kappa shape index (κ3) is 3.65. The first-order valence-corrected chi connectivity index (χ1v) is 7.34. The summed E-state index contributed by atoms with van der Waals surface area (Å²) in [5, 5.41) is 14.5. The van der Waals surface area contributed by atoms with Crippen LogP contribution in [0, 0.1) is 0 Å². The molecule has 1 saturated heterocycles. The van der Waals surface area contributed by atoms with Crippen LogP contribution in [-0.2, 0) is 4.79 Å². The predicted octanol–water partition coefficient (Wildman–Crippen LogP) is 1.12. The van der Waals surface area contributed by atoms with Crippen LogP contribution in [0.25, 0.3) is 0 Å². The number of hydrogen-bond acceptors (Lipinski definition) is 6. The van der Waals surface area contributed by atoms with Crippen LogP contribution >= 0.6 is 11.3 Å². The van der Waals surface area contributed by atoms with Crippen molar-refractivity contribution in [3.8, 4) is 0 Å². The summed E-state index contributed by atoms with van der Waals surface area (Å²) in [5.41, 5.74) is 5.93. The van der Waals surface area contributed by atoms with Crippen LogP contribution in [0.5, 0.6) is 0 Å². The van der Waals surface area contributed by atoms with E-state index in [1.54, 1.807) is 5.38 Å². The van der Waals surface area contributed by atoms with E-state index < -0.39 is 12.0 Å². The Balaban J connectivity index is 1.88. The number of nitrogens with two attached hydrogens (primary N) is 1. The van der Waals surface area contributed by atoms with Gasteiger partial charge in [0.2, 0.25) is 0 Å². The Bertz CT molecular complexity index is 437.